The monoisotopic (exact) mass is 282 g/mol. The molecule has 0 saturated carbocycles. The lowest BCUT2D eigenvalue weighted by atomic mass is 9.84. The summed E-state index contributed by atoms with van der Waals surface area (Å²) < 4.78 is 11.6. The SMILES string of the molecule is CC(CN1CCCC1)NC1CCOC2(CCOCC2)C1. The molecule has 1 N–H and O–H groups in total. The van der Waals surface area contributed by atoms with Crippen LogP contribution in [0.15, 0.2) is 0 Å². The molecule has 0 bridgehead atoms. The minimum absolute atomic E-state index is 0.113. The van der Waals surface area contributed by atoms with E-state index < -0.39 is 0 Å². The molecule has 0 aromatic carbocycles. The highest BCUT2D eigenvalue weighted by Gasteiger charge is 2.39. The molecule has 3 fully saturated rings. The van der Waals surface area contributed by atoms with Crippen LogP contribution in [-0.4, -0.2) is 62.0 Å². The number of nitrogens with one attached hydrogen (secondary N) is 1. The van der Waals surface area contributed by atoms with E-state index in [1.54, 1.807) is 0 Å². The van der Waals surface area contributed by atoms with Gasteiger partial charge in [-0.15, -0.1) is 0 Å². The van der Waals surface area contributed by atoms with Crippen molar-refractivity contribution in [3.05, 3.63) is 0 Å². The molecular formula is C16H30N2O2. The third-order valence-electron chi connectivity index (χ3n) is 5.15. The maximum absolute atomic E-state index is 6.12. The maximum Gasteiger partial charge on any atom is 0.0741 e. The third-order valence-corrected chi connectivity index (χ3v) is 5.15. The number of ether oxygens (including phenoxy) is 2. The van der Waals surface area contributed by atoms with Crippen molar-refractivity contribution in [2.45, 2.75) is 63.1 Å². The van der Waals surface area contributed by atoms with Crippen molar-refractivity contribution in [3.8, 4) is 0 Å². The largest absolute Gasteiger partial charge is 0.381 e. The van der Waals surface area contributed by atoms with Gasteiger partial charge in [0.15, 0.2) is 0 Å². The van der Waals surface area contributed by atoms with Gasteiger partial charge in [-0.05, 0) is 58.5 Å². The van der Waals surface area contributed by atoms with Gasteiger partial charge >= 0.3 is 0 Å². The average Bonchev–Trinajstić information content (AvgIpc) is 2.92. The van der Waals surface area contributed by atoms with Crippen molar-refractivity contribution < 1.29 is 9.47 Å². The summed E-state index contributed by atoms with van der Waals surface area (Å²) in [5, 5.41) is 3.85. The standard InChI is InChI=1S/C16H30N2O2/c1-14(13-18-7-2-3-8-18)17-15-4-9-20-16(12-15)5-10-19-11-6-16/h14-15,17H,2-13H2,1H3. The van der Waals surface area contributed by atoms with Crippen LogP contribution in [0.3, 0.4) is 0 Å². The maximum atomic E-state index is 6.12. The minimum atomic E-state index is 0.113. The summed E-state index contributed by atoms with van der Waals surface area (Å²) in [5.74, 6) is 0. The van der Waals surface area contributed by atoms with Gasteiger partial charge in [-0.3, -0.25) is 0 Å². The molecule has 3 saturated heterocycles. The van der Waals surface area contributed by atoms with Crippen LogP contribution in [0.25, 0.3) is 0 Å². The van der Waals surface area contributed by atoms with E-state index in [1.807, 2.05) is 0 Å². The second-order valence-electron chi connectivity index (χ2n) is 6.91. The quantitative estimate of drug-likeness (QED) is 0.852. The molecule has 4 heteroatoms. The molecule has 0 aromatic heterocycles. The number of hydrogen-bond donors (Lipinski definition) is 1. The Morgan fingerprint density at radius 3 is 2.70 bits per heavy atom. The van der Waals surface area contributed by atoms with Gasteiger partial charge in [-0.25, -0.2) is 0 Å². The molecule has 20 heavy (non-hydrogen) atoms. The number of likely N-dealkylation sites (tertiary alicyclic amines) is 1. The fourth-order valence-electron chi connectivity index (χ4n) is 4.07. The molecule has 2 unspecified atom stereocenters. The fraction of sp³-hybridized carbons (Fsp3) is 1.00. The predicted molar refractivity (Wildman–Crippen MR) is 80.0 cm³/mol. The summed E-state index contributed by atoms with van der Waals surface area (Å²) in [4.78, 5) is 2.60. The Morgan fingerprint density at radius 2 is 1.95 bits per heavy atom. The first-order valence-corrected chi connectivity index (χ1v) is 8.46. The van der Waals surface area contributed by atoms with Crippen LogP contribution in [-0.2, 0) is 9.47 Å². The van der Waals surface area contributed by atoms with Gasteiger partial charge in [0, 0.05) is 38.4 Å². The van der Waals surface area contributed by atoms with Gasteiger partial charge < -0.3 is 19.7 Å². The van der Waals surface area contributed by atoms with Crippen molar-refractivity contribution >= 4 is 0 Å². The van der Waals surface area contributed by atoms with Gasteiger partial charge in [0.1, 0.15) is 0 Å². The predicted octanol–water partition coefficient (Wildman–Crippen LogP) is 1.79. The van der Waals surface area contributed by atoms with Crippen LogP contribution in [0, 0.1) is 0 Å². The summed E-state index contributed by atoms with van der Waals surface area (Å²) in [7, 11) is 0. The highest BCUT2D eigenvalue weighted by Crippen LogP contribution is 2.34. The highest BCUT2D eigenvalue weighted by atomic mass is 16.5. The highest BCUT2D eigenvalue weighted by molar-refractivity contribution is 4.92. The van der Waals surface area contributed by atoms with E-state index in [2.05, 4.69) is 17.1 Å². The first kappa shape index (κ1) is 14.8. The van der Waals surface area contributed by atoms with Crippen molar-refractivity contribution in [1.82, 2.24) is 10.2 Å². The molecule has 4 nitrogen and oxygen atoms in total. The van der Waals surface area contributed by atoms with Crippen LogP contribution in [0.4, 0.5) is 0 Å². The van der Waals surface area contributed by atoms with Crippen LogP contribution in [0.2, 0.25) is 0 Å². The zero-order valence-electron chi connectivity index (χ0n) is 12.9. The van der Waals surface area contributed by atoms with Crippen LogP contribution in [0.5, 0.6) is 0 Å². The molecule has 0 radical (unpaired) electrons. The average molecular weight is 282 g/mol. The van der Waals surface area contributed by atoms with E-state index in [-0.39, 0.29) is 5.60 Å². The number of hydrogen-bond acceptors (Lipinski definition) is 4. The molecule has 3 rings (SSSR count). The summed E-state index contributed by atoms with van der Waals surface area (Å²) in [6.07, 6.45) is 7.24. The smallest absolute Gasteiger partial charge is 0.0741 e. The Morgan fingerprint density at radius 1 is 1.20 bits per heavy atom. The fourth-order valence-corrected chi connectivity index (χ4v) is 4.07. The lowest BCUT2D eigenvalue weighted by Gasteiger charge is -2.44. The van der Waals surface area contributed by atoms with Gasteiger partial charge in [-0.2, -0.15) is 0 Å². The Balaban J connectivity index is 1.46. The molecular weight excluding hydrogens is 252 g/mol. The van der Waals surface area contributed by atoms with Crippen LogP contribution in [0.1, 0.15) is 45.4 Å². The minimum Gasteiger partial charge on any atom is -0.381 e. The van der Waals surface area contributed by atoms with E-state index >= 15 is 0 Å². The summed E-state index contributed by atoms with van der Waals surface area (Å²) in [6, 6.07) is 1.22. The van der Waals surface area contributed by atoms with Crippen molar-refractivity contribution in [1.29, 1.82) is 0 Å². The Hall–Kier alpha value is -0.160. The second-order valence-corrected chi connectivity index (χ2v) is 6.91. The Labute approximate surface area is 123 Å². The lowest BCUT2D eigenvalue weighted by molar-refractivity contribution is -0.140. The third kappa shape index (κ3) is 3.73. The molecule has 0 amide bonds. The van der Waals surface area contributed by atoms with Crippen molar-refractivity contribution in [2.24, 2.45) is 0 Å². The Kier molecular flexibility index (Phi) is 4.97. The molecule has 2 atom stereocenters. The molecule has 3 aliphatic heterocycles. The molecule has 3 heterocycles. The van der Waals surface area contributed by atoms with E-state index in [4.69, 9.17) is 9.47 Å². The molecule has 0 aromatic rings. The van der Waals surface area contributed by atoms with Gasteiger partial charge in [0.2, 0.25) is 0 Å². The molecule has 3 aliphatic rings. The first-order valence-electron chi connectivity index (χ1n) is 8.46. The lowest BCUT2D eigenvalue weighted by Crippen LogP contribution is -2.52. The first-order chi connectivity index (χ1) is 9.76. The summed E-state index contributed by atoms with van der Waals surface area (Å²) in [5.41, 5.74) is 0.113. The zero-order valence-corrected chi connectivity index (χ0v) is 12.9. The van der Waals surface area contributed by atoms with Crippen molar-refractivity contribution in [2.75, 3.05) is 39.5 Å². The van der Waals surface area contributed by atoms with Gasteiger partial charge in [-0.1, -0.05) is 0 Å². The summed E-state index contributed by atoms with van der Waals surface area (Å²) >= 11 is 0. The molecule has 116 valence electrons. The van der Waals surface area contributed by atoms with Crippen LogP contribution >= 0.6 is 0 Å². The van der Waals surface area contributed by atoms with Crippen LogP contribution < -0.4 is 5.32 Å². The van der Waals surface area contributed by atoms with E-state index in [0.29, 0.717) is 12.1 Å². The van der Waals surface area contributed by atoms with Gasteiger partial charge in [0.05, 0.1) is 5.60 Å². The zero-order chi connectivity index (χ0) is 13.8. The molecule has 0 aliphatic carbocycles. The van der Waals surface area contributed by atoms with E-state index in [9.17, 15) is 0 Å². The topological polar surface area (TPSA) is 33.7 Å². The van der Waals surface area contributed by atoms with Crippen molar-refractivity contribution in [3.63, 3.8) is 0 Å². The number of nitrogens with zero attached hydrogens (tertiary/aromatic N) is 1. The number of rotatable bonds is 4. The van der Waals surface area contributed by atoms with E-state index in [1.165, 1.54) is 38.9 Å². The second kappa shape index (κ2) is 6.73. The van der Waals surface area contributed by atoms with E-state index in [0.717, 1.165) is 39.1 Å². The Bertz CT molecular complexity index is 293. The molecule has 1 spiro atoms. The normalized spacial score (nSPS) is 32.5. The van der Waals surface area contributed by atoms with Gasteiger partial charge in [0.25, 0.3) is 0 Å². The summed E-state index contributed by atoms with van der Waals surface area (Å²) in [6.45, 7) is 8.78.